The van der Waals surface area contributed by atoms with Gasteiger partial charge in [0.1, 0.15) is 6.04 Å². The summed E-state index contributed by atoms with van der Waals surface area (Å²) in [5.74, 6) is 0. The summed E-state index contributed by atoms with van der Waals surface area (Å²) in [6, 6.07) is 4.72. The van der Waals surface area contributed by atoms with Gasteiger partial charge in [-0.15, -0.1) is 0 Å². The number of rotatable bonds is 2. The summed E-state index contributed by atoms with van der Waals surface area (Å²) in [5.41, 5.74) is -0.699. The van der Waals surface area contributed by atoms with Crippen LogP contribution in [0.25, 0.3) is 0 Å². The molecule has 2 nitrogen and oxygen atoms in total. The van der Waals surface area contributed by atoms with E-state index in [1.165, 1.54) is 6.07 Å². The van der Waals surface area contributed by atoms with E-state index in [0.717, 1.165) is 12.1 Å². The monoisotopic (exact) mass is 248 g/mol. The lowest BCUT2D eigenvalue weighted by molar-refractivity contribution is -0.137. The minimum absolute atomic E-state index is 0.214. The molecule has 1 atom stereocenters. The average molecular weight is 249 g/mol. The van der Waals surface area contributed by atoms with Gasteiger partial charge in [0.15, 0.2) is 0 Å². The first-order chi connectivity index (χ1) is 7.34. The van der Waals surface area contributed by atoms with Crippen LogP contribution in [-0.2, 0) is 6.18 Å². The van der Waals surface area contributed by atoms with Gasteiger partial charge in [0.05, 0.1) is 16.7 Å². The Hall–Kier alpha value is -1.41. The van der Waals surface area contributed by atoms with Gasteiger partial charge >= 0.3 is 6.18 Å². The summed E-state index contributed by atoms with van der Waals surface area (Å²) in [6.45, 7) is 1.54. The number of anilines is 1. The lowest BCUT2D eigenvalue weighted by Crippen LogP contribution is -2.13. The predicted molar refractivity (Wildman–Crippen MR) is 55.2 cm³/mol. The van der Waals surface area contributed by atoms with Crippen LogP contribution < -0.4 is 5.32 Å². The molecule has 1 unspecified atom stereocenters. The topological polar surface area (TPSA) is 35.8 Å². The van der Waals surface area contributed by atoms with E-state index in [4.69, 9.17) is 16.9 Å². The summed E-state index contributed by atoms with van der Waals surface area (Å²) in [7, 11) is 0. The minimum Gasteiger partial charge on any atom is -0.370 e. The number of halogens is 4. The SMILES string of the molecule is CC(C#N)Nc1ccc(Cl)c(C(F)(F)F)c1. The number of hydrogen-bond donors (Lipinski definition) is 1. The van der Waals surface area contributed by atoms with Crippen molar-refractivity contribution < 1.29 is 13.2 Å². The highest BCUT2D eigenvalue weighted by atomic mass is 35.5. The number of benzene rings is 1. The van der Waals surface area contributed by atoms with E-state index in [1.54, 1.807) is 6.92 Å². The van der Waals surface area contributed by atoms with Crippen LogP contribution in [0, 0.1) is 11.3 Å². The van der Waals surface area contributed by atoms with E-state index in [1.807, 2.05) is 6.07 Å². The maximum absolute atomic E-state index is 12.5. The van der Waals surface area contributed by atoms with Crippen molar-refractivity contribution in [2.75, 3.05) is 5.32 Å². The molecule has 0 radical (unpaired) electrons. The molecular formula is C10H8ClF3N2. The van der Waals surface area contributed by atoms with Gasteiger partial charge in [-0.2, -0.15) is 18.4 Å². The molecule has 0 bridgehead atoms. The molecule has 0 saturated heterocycles. The van der Waals surface area contributed by atoms with E-state index in [-0.39, 0.29) is 10.7 Å². The smallest absolute Gasteiger partial charge is 0.370 e. The third kappa shape index (κ3) is 3.04. The number of nitrogens with one attached hydrogen (secondary N) is 1. The average Bonchev–Trinajstić information content (AvgIpc) is 2.19. The Bertz CT molecular complexity index is 423. The van der Waals surface area contributed by atoms with E-state index < -0.39 is 17.8 Å². The molecule has 0 spiro atoms. The number of hydrogen-bond acceptors (Lipinski definition) is 2. The molecule has 1 aromatic rings. The molecule has 0 heterocycles. The van der Waals surface area contributed by atoms with Gasteiger partial charge < -0.3 is 5.32 Å². The standard InChI is InChI=1S/C10H8ClF3N2/c1-6(5-15)16-7-2-3-9(11)8(4-7)10(12,13)14/h2-4,6,16H,1H3. The van der Waals surface area contributed by atoms with Gasteiger partial charge in [-0.25, -0.2) is 0 Å². The second-order valence-corrected chi connectivity index (χ2v) is 3.59. The Morgan fingerprint density at radius 2 is 2.06 bits per heavy atom. The number of nitrogens with zero attached hydrogens (tertiary/aromatic N) is 1. The fourth-order valence-electron chi connectivity index (χ4n) is 1.11. The molecule has 0 amide bonds. The Morgan fingerprint density at radius 3 is 2.56 bits per heavy atom. The molecule has 6 heteroatoms. The molecule has 0 aliphatic carbocycles. The summed E-state index contributed by atoms with van der Waals surface area (Å²) in [4.78, 5) is 0. The van der Waals surface area contributed by atoms with Crippen LogP contribution in [0.4, 0.5) is 18.9 Å². The number of alkyl halides is 3. The molecule has 86 valence electrons. The zero-order valence-electron chi connectivity index (χ0n) is 8.27. The molecule has 0 saturated carbocycles. The van der Waals surface area contributed by atoms with Gasteiger partial charge in [0, 0.05) is 5.69 Å². The zero-order chi connectivity index (χ0) is 12.3. The fraction of sp³-hybridized carbons (Fsp3) is 0.300. The largest absolute Gasteiger partial charge is 0.417 e. The first-order valence-corrected chi connectivity index (χ1v) is 4.75. The van der Waals surface area contributed by atoms with Gasteiger partial charge in [-0.3, -0.25) is 0 Å². The van der Waals surface area contributed by atoms with Crippen LogP contribution in [0.1, 0.15) is 12.5 Å². The van der Waals surface area contributed by atoms with Crippen LogP contribution in [0.3, 0.4) is 0 Å². The molecule has 1 aromatic carbocycles. The first-order valence-electron chi connectivity index (χ1n) is 4.37. The lowest BCUT2D eigenvalue weighted by Gasteiger charge is -2.13. The van der Waals surface area contributed by atoms with E-state index >= 15 is 0 Å². The number of nitriles is 1. The van der Waals surface area contributed by atoms with Crippen LogP contribution in [0.15, 0.2) is 18.2 Å². The van der Waals surface area contributed by atoms with Crippen LogP contribution >= 0.6 is 11.6 Å². The van der Waals surface area contributed by atoms with Crippen LogP contribution in [0.2, 0.25) is 5.02 Å². The van der Waals surface area contributed by atoms with E-state index in [0.29, 0.717) is 0 Å². The van der Waals surface area contributed by atoms with Crippen molar-refractivity contribution in [3.8, 4) is 6.07 Å². The lowest BCUT2D eigenvalue weighted by atomic mass is 10.2. The summed E-state index contributed by atoms with van der Waals surface area (Å²) in [5, 5.41) is 10.8. The molecule has 0 aromatic heterocycles. The third-order valence-electron chi connectivity index (χ3n) is 1.85. The van der Waals surface area contributed by atoms with Gasteiger partial charge in [0.2, 0.25) is 0 Å². The Balaban J connectivity index is 3.04. The summed E-state index contributed by atoms with van der Waals surface area (Å²) >= 11 is 5.44. The Kier molecular flexibility index (Phi) is 3.66. The molecule has 16 heavy (non-hydrogen) atoms. The molecule has 0 aliphatic rings. The van der Waals surface area contributed by atoms with Gasteiger partial charge in [0.25, 0.3) is 0 Å². The highest BCUT2D eigenvalue weighted by molar-refractivity contribution is 6.31. The second-order valence-electron chi connectivity index (χ2n) is 3.19. The van der Waals surface area contributed by atoms with Gasteiger partial charge in [-0.05, 0) is 25.1 Å². The van der Waals surface area contributed by atoms with Crippen molar-refractivity contribution >= 4 is 17.3 Å². The van der Waals surface area contributed by atoms with Gasteiger partial charge in [-0.1, -0.05) is 11.6 Å². The fourth-order valence-corrected chi connectivity index (χ4v) is 1.34. The van der Waals surface area contributed by atoms with Crippen LogP contribution in [-0.4, -0.2) is 6.04 Å². The van der Waals surface area contributed by atoms with Crippen molar-refractivity contribution in [3.05, 3.63) is 28.8 Å². The molecular weight excluding hydrogens is 241 g/mol. The predicted octanol–water partition coefficient (Wildman–Crippen LogP) is 3.68. The van der Waals surface area contributed by atoms with E-state index in [9.17, 15) is 13.2 Å². The highest BCUT2D eigenvalue weighted by Gasteiger charge is 2.33. The quantitative estimate of drug-likeness (QED) is 0.867. The van der Waals surface area contributed by atoms with Crippen molar-refractivity contribution in [1.29, 1.82) is 5.26 Å². The highest BCUT2D eigenvalue weighted by Crippen LogP contribution is 2.36. The van der Waals surface area contributed by atoms with Crippen molar-refractivity contribution in [2.45, 2.75) is 19.1 Å². The van der Waals surface area contributed by atoms with Crippen molar-refractivity contribution in [1.82, 2.24) is 0 Å². The normalized spacial score (nSPS) is 13.0. The van der Waals surface area contributed by atoms with E-state index in [2.05, 4.69) is 5.32 Å². The summed E-state index contributed by atoms with van der Waals surface area (Å²) < 4.78 is 37.4. The maximum Gasteiger partial charge on any atom is 0.417 e. The zero-order valence-corrected chi connectivity index (χ0v) is 9.02. The molecule has 1 N–H and O–H groups in total. The second kappa shape index (κ2) is 4.62. The van der Waals surface area contributed by atoms with Crippen molar-refractivity contribution in [2.24, 2.45) is 0 Å². The molecule has 1 rings (SSSR count). The summed E-state index contributed by atoms with van der Waals surface area (Å²) in [6.07, 6.45) is -4.50. The Morgan fingerprint density at radius 1 is 1.44 bits per heavy atom. The third-order valence-corrected chi connectivity index (χ3v) is 2.18. The molecule has 0 fully saturated rings. The van der Waals surface area contributed by atoms with Crippen molar-refractivity contribution in [3.63, 3.8) is 0 Å². The minimum atomic E-state index is -4.50. The first kappa shape index (κ1) is 12.7. The Labute approximate surface area is 95.6 Å². The van der Waals surface area contributed by atoms with Crippen LogP contribution in [0.5, 0.6) is 0 Å². The maximum atomic E-state index is 12.5. The molecule has 0 aliphatic heterocycles.